The summed E-state index contributed by atoms with van der Waals surface area (Å²) in [5, 5.41) is 6.57. The standard InChI is InChI=1S/C48H34N2OS2/c1-3-13-35(14-4-1)41-17-7-9-19-43(41)49(47-21-11-33-52-47)39-27-23-37(24-28-39)45-31-32-46(51-45)38-25-29-40(30-26-38)50(48-22-12-34-53-48)44-20-10-8-18-42(44)36-15-5-2-6-16-36/h1-34H. The summed E-state index contributed by atoms with van der Waals surface area (Å²) in [4.78, 5) is 4.67. The van der Waals surface area contributed by atoms with Gasteiger partial charge in [-0.1, -0.05) is 97.1 Å². The molecule has 254 valence electrons. The lowest BCUT2D eigenvalue weighted by molar-refractivity contribution is 0.597. The van der Waals surface area contributed by atoms with Crippen LogP contribution in [0.1, 0.15) is 0 Å². The van der Waals surface area contributed by atoms with Crippen LogP contribution in [-0.4, -0.2) is 0 Å². The Balaban J connectivity index is 1.00. The predicted molar refractivity (Wildman–Crippen MR) is 226 cm³/mol. The summed E-state index contributed by atoms with van der Waals surface area (Å²) in [6, 6.07) is 68.4. The quantitative estimate of drug-likeness (QED) is 0.140. The van der Waals surface area contributed by atoms with Crippen LogP contribution in [0.25, 0.3) is 44.9 Å². The van der Waals surface area contributed by atoms with E-state index in [1.165, 1.54) is 22.3 Å². The maximum atomic E-state index is 6.50. The number of hydrogen-bond acceptors (Lipinski definition) is 5. The van der Waals surface area contributed by atoms with Crippen LogP contribution in [0, 0.1) is 0 Å². The first kappa shape index (κ1) is 32.5. The van der Waals surface area contributed by atoms with Gasteiger partial charge >= 0.3 is 0 Å². The molecule has 0 spiro atoms. The Morgan fingerprint density at radius 1 is 0.321 bits per heavy atom. The maximum Gasteiger partial charge on any atom is 0.134 e. The fourth-order valence-corrected chi connectivity index (χ4v) is 8.35. The molecule has 0 aliphatic rings. The van der Waals surface area contributed by atoms with Crippen molar-refractivity contribution in [3.05, 3.63) is 205 Å². The van der Waals surface area contributed by atoms with Gasteiger partial charge in [0.15, 0.2) is 0 Å². The Kier molecular flexibility index (Phi) is 9.00. The first-order valence-electron chi connectivity index (χ1n) is 17.6. The van der Waals surface area contributed by atoms with Gasteiger partial charge in [-0.05, 0) is 119 Å². The molecule has 9 rings (SSSR count). The number of para-hydroxylation sites is 2. The van der Waals surface area contributed by atoms with E-state index in [4.69, 9.17) is 4.42 Å². The lowest BCUT2D eigenvalue weighted by Crippen LogP contribution is -2.09. The molecule has 0 unspecified atom stereocenters. The van der Waals surface area contributed by atoms with E-state index in [2.05, 4.69) is 215 Å². The highest BCUT2D eigenvalue weighted by molar-refractivity contribution is 7.14. The van der Waals surface area contributed by atoms with E-state index in [-0.39, 0.29) is 0 Å². The first-order chi connectivity index (χ1) is 26.3. The van der Waals surface area contributed by atoms with Crippen LogP contribution < -0.4 is 9.80 Å². The lowest BCUT2D eigenvalue weighted by Gasteiger charge is -2.26. The van der Waals surface area contributed by atoms with Gasteiger partial charge in [-0.3, -0.25) is 0 Å². The molecule has 0 N–H and O–H groups in total. The van der Waals surface area contributed by atoms with Gasteiger partial charge in [-0.15, -0.1) is 22.7 Å². The number of nitrogens with zero attached hydrogens (tertiary/aromatic N) is 2. The number of rotatable bonds is 10. The number of hydrogen-bond donors (Lipinski definition) is 0. The average Bonchev–Trinajstić information content (AvgIpc) is 4.05. The van der Waals surface area contributed by atoms with E-state index >= 15 is 0 Å². The molecule has 0 radical (unpaired) electrons. The molecule has 0 saturated carbocycles. The second-order valence-electron chi connectivity index (χ2n) is 12.6. The van der Waals surface area contributed by atoms with Crippen molar-refractivity contribution in [2.75, 3.05) is 9.80 Å². The van der Waals surface area contributed by atoms with Crippen molar-refractivity contribution in [1.82, 2.24) is 0 Å². The fourth-order valence-electron chi connectivity index (χ4n) is 6.82. The monoisotopic (exact) mass is 718 g/mol. The van der Waals surface area contributed by atoms with Gasteiger partial charge in [0, 0.05) is 33.6 Å². The van der Waals surface area contributed by atoms with Gasteiger partial charge in [0.1, 0.15) is 11.5 Å². The zero-order chi connectivity index (χ0) is 35.4. The molecule has 0 saturated heterocycles. The smallest absolute Gasteiger partial charge is 0.134 e. The molecule has 0 fully saturated rings. The Morgan fingerprint density at radius 2 is 0.717 bits per heavy atom. The molecule has 53 heavy (non-hydrogen) atoms. The van der Waals surface area contributed by atoms with E-state index in [1.807, 2.05) is 0 Å². The largest absolute Gasteiger partial charge is 0.456 e. The Morgan fingerprint density at radius 3 is 1.11 bits per heavy atom. The maximum absolute atomic E-state index is 6.50. The second kappa shape index (κ2) is 14.7. The van der Waals surface area contributed by atoms with Crippen LogP contribution in [0.15, 0.2) is 209 Å². The van der Waals surface area contributed by atoms with Gasteiger partial charge in [-0.2, -0.15) is 0 Å². The van der Waals surface area contributed by atoms with E-state index in [1.54, 1.807) is 22.7 Å². The highest BCUT2D eigenvalue weighted by Crippen LogP contribution is 2.45. The highest BCUT2D eigenvalue weighted by atomic mass is 32.1. The molecule has 3 heterocycles. The van der Waals surface area contributed by atoms with Gasteiger partial charge in [0.05, 0.1) is 21.4 Å². The third-order valence-electron chi connectivity index (χ3n) is 9.34. The van der Waals surface area contributed by atoms with Gasteiger partial charge in [0.2, 0.25) is 0 Å². The van der Waals surface area contributed by atoms with Crippen molar-refractivity contribution >= 4 is 55.4 Å². The average molecular weight is 719 g/mol. The minimum absolute atomic E-state index is 0.833. The summed E-state index contributed by atoms with van der Waals surface area (Å²) in [5.74, 6) is 1.67. The SMILES string of the molecule is c1ccc(-c2ccccc2N(c2ccc(-c3ccc(-c4ccc(N(c5cccs5)c5ccccc5-c5ccccc5)cc4)o3)cc2)c2cccs2)cc1. The van der Waals surface area contributed by atoms with Crippen LogP contribution >= 0.6 is 22.7 Å². The Hall–Kier alpha value is -6.40. The van der Waals surface area contributed by atoms with Crippen LogP contribution in [0.3, 0.4) is 0 Å². The zero-order valence-electron chi connectivity index (χ0n) is 28.7. The van der Waals surface area contributed by atoms with Crippen LogP contribution in [0.5, 0.6) is 0 Å². The number of anilines is 6. The van der Waals surface area contributed by atoms with Crippen LogP contribution in [0.4, 0.5) is 32.8 Å². The summed E-state index contributed by atoms with van der Waals surface area (Å²) in [6.07, 6.45) is 0. The van der Waals surface area contributed by atoms with Crippen molar-refractivity contribution in [1.29, 1.82) is 0 Å². The van der Waals surface area contributed by atoms with E-state index in [0.717, 1.165) is 55.4 Å². The molecular formula is C48H34N2OS2. The van der Waals surface area contributed by atoms with Gasteiger partial charge < -0.3 is 14.2 Å². The Labute approximate surface area is 317 Å². The summed E-state index contributed by atoms with van der Waals surface area (Å²) in [7, 11) is 0. The molecule has 0 aliphatic heterocycles. The van der Waals surface area contributed by atoms with Crippen molar-refractivity contribution in [3.63, 3.8) is 0 Å². The zero-order valence-corrected chi connectivity index (χ0v) is 30.4. The topological polar surface area (TPSA) is 19.6 Å². The fraction of sp³-hybridized carbons (Fsp3) is 0. The lowest BCUT2D eigenvalue weighted by atomic mass is 10.0. The first-order valence-corrected chi connectivity index (χ1v) is 19.3. The summed E-state index contributed by atoms with van der Waals surface area (Å²) in [5.41, 5.74) is 11.3. The number of thiophene rings is 2. The molecule has 3 aromatic heterocycles. The number of benzene rings is 6. The van der Waals surface area contributed by atoms with Gasteiger partial charge in [-0.25, -0.2) is 0 Å². The molecular weight excluding hydrogens is 685 g/mol. The molecule has 3 nitrogen and oxygen atoms in total. The van der Waals surface area contributed by atoms with Crippen LogP contribution in [0.2, 0.25) is 0 Å². The third kappa shape index (κ3) is 6.60. The van der Waals surface area contributed by atoms with Crippen LogP contribution in [-0.2, 0) is 0 Å². The van der Waals surface area contributed by atoms with E-state index in [9.17, 15) is 0 Å². The predicted octanol–water partition coefficient (Wildman–Crippen LogP) is 15.0. The van der Waals surface area contributed by atoms with Crippen molar-refractivity contribution < 1.29 is 4.42 Å². The minimum Gasteiger partial charge on any atom is -0.456 e. The molecule has 5 heteroatoms. The summed E-state index contributed by atoms with van der Waals surface area (Å²) >= 11 is 3.46. The second-order valence-corrected chi connectivity index (χ2v) is 14.4. The minimum atomic E-state index is 0.833. The molecule has 0 aliphatic carbocycles. The van der Waals surface area contributed by atoms with Gasteiger partial charge in [0.25, 0.3) is 0 Å². The third-order valence-corrected chi connectivity index (χ3v) is 11.0. The Bertz CT molecular complexity index is 2360. The molecule has 9 aromatic rings. The number of furan rings is 1. The van der Waals surface area contributed by atoms with E-state index in [0.29, 0.717) is 0 Å². The van der Waals surface area contributed by atoms with E-state index < -0.39 is 0 Å². The summed E-state index contributed by atoms with van der Waals surface area (Å²) < 4.78 is 6.50. The molecule has 0 atom stereocenters. The molecule has 6 aromatic carbocycles. The van der Waals surface area contributed by atoms with Crippen molar-refractivity contribution in [2.45, 2.75) is 0 Å². The highest BCUT2D eigenvalue weighted by Gasteiger charge is 2.20. The van der Waals surface area contributed by atoms with Crippen molar-refractivity contribution in [3.8, 4) is 44.9 Å². The molecule has 0 amide bonds. The normalized spacial score (nSPS) is 11.0. The molecule has 0 bridgehead atoms. The summed E-state index contributed by atoms with van der Waals surface area (Å²) in [6.45, 7) is 0. The van der Waals surface area contributed by atoms with Crippen molar-refractivity contribution in [2.24, 2.45) is 0 Å².